The largest absolute Gasteiger partial charge is 0.492 e. The summed E-state index contributed by atoms with van der Waals surface area (Å²) in [5, 5.41) is 4.24. The first-order valence-corrected chi connectivity index (χ1v) is 9.43. The van der Waals surface area contributed by atoms with Crippen molar-refractivity contribution in [1.82, 2.24) is 14.8 Å². The second kappa shape index (κ2) is 7.26. The Morgan fingerprint density at radius 3 is 2.58 bits per heavy atom. The molecule has 6 nitrogen and oxygen atoms in total. The maximum absolute atomic E-state index is 13.7. The zero-order valence-electron chi connectivity index (χ0n) is 16.8. The predicted molar refractivity (Wildman–Crippen MR) is 109 cm³/mol. The first kappa shape index (κ1) is 20.6. The Balaban J connectivity index is 1.79. The van der Waals surface area contributed by atoms with Gasteiger partial charge in [0.05, 0.1) is 17.7 Å². The number of carbonyl (C=O) groups excluding carboxylic acids is 1. The van der Waals surface area contributed by atoms with E-state index in [1.54, 1.807) is 36.4 Å². The van der Waals surface area contributed by atoms with Gasteiger partial charge < -0.3 is 10.5 Å². The van der Waals surface area contributed by atoms with E-state index >= 15 is 0 Å². The number of amides is 1. The van der Waals surface area contributed by atoms with Crippen molar-refractivity contribution in [3.05, 3.63) is 65.5 Å². The summed E-state index contributed by atoms with van der Waals surface area (Å²) in [4.78, 5) is 16.0. The summed E-state index contributed by atoms with van der Waals surface area (Å²) in [6.07, 6.45) is -1.89. The summed E-state index contributed by atoms with van der Waals surface area (Å²) >= 11 is 0. The summed E-state index contributed by atoms with van der Waals surface area (Å²) in [6.45, 7) is 3.78. The lowest BCUT2D eigenvalue weighted by Gasteiger charge is -2.17. The molecule has 4 rings (SSSR count). The van der Waals surface area contributed by atoms with E-state index in [-0.39, 0.29) is 29.3 Å². The average molecular weight is 428 g/mol. The standard InChI is InChI=1S/C22H19F3N4O2/c1-21(2)11-31-18-16(21)8-14(9-17(18)22(23,24)25)20-27-12-29(28-20)10-15(19(26)30)13-6-4-3-5-7-13/h3-10,12H,11H2,1-2H3,(H2,26,30). The third-order valence-corrected chi connectivity index (χ3v) is 5.08. The molecule has 160 valence electrons. The number of halogens is 3. The molecule has 0 atom stereocenters. The van der Waals surface area contributed by atoms with Crippen molar-refractivity contribution in [2.45, 2.75) is 25.4 Å². The number of nitrogens with zero attached hydrogens (tertiary/aromatic N) is 3. The highest BCUT2D eigenvalue weighted by atomic mass is 19.4. The molecule has 9 heteroatoms. The smallest absolute Gasteiger partial charge is 0.419 e. The maximum Gasteiger partial charge on any atom is 0.419 e. The van der Waals surface area contributed by atoms with E-state index in [9.17, 15) is 18.0 Å². The Morgan fingerprint density at radius 1 is 1.23 bits per heavy atom. The summed E-state index contributed by atoms with van der Waals surface area (Å²) < 4.78 is 47.6. The van der Waals surface area contributed by atoms with Crippen LogP contribution in [-0.4, -0.2) is 27.3 Å². The Hall–Kier alpha value is -3.62. The van der Waals surface area contributed by atoms with Gasteiger partial charge in [0.1, 0.15) is 12.1 Å². The molecule has 0 saturated carbocycles. The number of hydrogen-bond donors (Lipinski definition) is 1. The molecule has 0 radical (unpaired) electrons. The van der Waals surface area contributed by atoms with Crippen molar-refractivity contribution in [3.63, 3.8) is 0 Å². The number of aromatic nitrogens is 3. The number of hydrogen-bond acceptors (Lipinski definition) is 4. The van der Waals surface area contributed by atoms with Crippen LogP contribution >= 0.6 is 0 Å². The van der Waals surface area contributed by atoms with Gasteiger partial charge in [-0.05, 0) is 17.7 Å². The lowest BCUT2D eigenvalue weighted by atomic mass is 9.85. The number of fused-ring (bicyclic) bond motifs is 1. The first-order chi connectivity index (χ1) is 14.6. The number of ether oxygens (including phenoxy) is 1. The third kappa shape index (κ3) is 3.90. The van der Waals surface area contributed by atoms with E-state index < -0.39 is 23.1 Å². The zero-order valence-corrected chi connectivity index (χ0v) is 16.8. The van der Waals surface area contributed by atoms with Crippen LogP contribution in [0.4, 0.5) is 13.2 Å². The van der Waals surface area contributed by atoms with E-state index in [4.69, 9.17) is 10.5 Å². The lowest BCUT2D eigenvalue weighted by Crippen LogP contribution is -2.18. The van der Waals surface area contributed by atoms with E-state index in [2.05, 4.69) is 10.1 Å². The minimum Gasteiger partial charge on any atom is -0.492 e. The Kier molecular flexibility index (Phi) is 4.83. The molecule has 0 bridgehead atoms. The summed E-state index contributed by atoms with van der Waals surface area (Å²) in [5.74, 6) is -0.733. The molecule has 1 aliphatic heterocycles. The molecular formula is C22H19F3N4O2. The van der Waals surface area contributed by atoms with Gasteiger partial charge in [-0.25, -0.2) is 9.67 Å². The predicted octanol–water partition coefficient (Wildman–Crippen LogP) is 4.12. The Bertz CT molecular complexity index is 1180. The molecule has 0 saturated heterocycles. The minimum atomic E-state index is -4.59. The number of nitrogens with two attached hydrogens (primary N) is 1. The van der Waals surface area contributed by atoms with Gasteiger partial charge in [0.2, 0.25) is 0 Å². The van der Waals surface area contributed by atoms with Crippen LogP contribution in [0.5, 0.6) is 5.75 Å². The van der Waals surface area contributed by atoms with Crippen LogP contribution in [0.15, 0.2) is 48.8 Å². The van der Waals surface area contributed by atoms with Crippen LogP contribution in [0.25, 0.3) is 23.2 Å². The van der Waals surface area contributed by atoms with Crippen molar-refractivity contribution in [2.24, 2.45) is 5.73 Å². The van der Waals surface area contributed by atoms with Crippen molar-refractivity contribution in [1.29, 1.82) is 0 Å². The molecule has 2 N–H and O–H groups in total. The fourth-order valence-electron chi connectivity index (χ4n) is 3.46. The normalized spacial score (nSPS) is 15.5. The van der Waals surface area contributed by atoms with Crippen molar-refractivity contribution in [2.75, 3.05) is 6.61 Å². The molecule has 0 aliphatic carbocycles. The molecule has 0 fully saturated rings. The van der Waals surface area contributed by atoms with Crippen LogP contribution < -0.4 is 10.5 Å². The average Bonchev–Trinajstić information content (AvgIpc) is 3.29. The Morgan fingerprint density at radius 2 is 1.94 bits per heavy atom. The van der Waals surface area contributed by atoms with Crippen molar-refractivity contribution >= 4 is 17.7 Å². The van der Waals surface area contributed by atoms with Gasteiger partial charge in [-0.2, -0.15) is 13.2 Å². The Labute approximate surface area is 176 Å². The number of alkyl halides is 3. The molecule has 1 amide bonds. The van der Waals surface area contributed by atoms with Crippen molar-refractivity contribution in [3.8, 4) is 17.1 Å². The summed E-state index contributed by atoms with van der Waals surface area (Å²) in [5.41, 5.74) is 5.47. The number of rotatable bonds is 4. The zero-order chi connectivity index (χ0) is 22.4. The van der Waals surface area contributed by atoms with E-state index in [1.165, 1.54) is 17.2 Å². The minimum absolute atomic E-state index is 0.0872. The van der Waals surface area contributed by atoms with Gasteiger partial charge in [0.15, 0.2) is 5.82 Å². The van der Waals surface area contributed by atoms with Crippen LogP contribution in [0.3, 0.4) is 0 Å². The fourth-order valence-corrected chi connectivity index (χ4v) is 3.46. The summed E-state index contributed by atoms with van der Waals surface area (Å²) in [7, 11) is 0. The van der Waals surface area contributed by atoms with E-state index in [0.717, 1.165) is 6.07 Å². The second-order valence-corrected chi connectivity index (χ2v) is 7.89. The first-order valence-electron chi connectivity index (χ1n) is 9.43. The van der Waals surface area contributed by atoms with Crippen LogP contribution in [0.2, 0.25) is 0 Å². The fraction of sp³-hybridized carbons (Fsp3) is 0.227. The highest BCUT2D eigenvalue weighted by molar-refractivity contribution is 6.22. The van der Waals surface area contributed by atoms with E-state index in [1.807, 2.05) is 13.8 Å². The molecule has 31 heavy (non-hydrogen) atoms. The van der Waals surface area contributed by atoms with Gasteiger partial charge in [-0.1, -0.05) is 44.2 Å². The molecule has 3 aromatic rings. The van der Waals surface area contributed by atoms with Crippen LogP contribution in [-0.2, 0) is 16.4 Å². The van der Waals surface area contributed by atoms with Crippen molar-refractivity contribution < 1.29 is 22.7 Å². The van der Waals surface area contributed by atoms with Gasteiger partial charge >= 0.3 is 6.18 Å². The second-order valence-electron chi connectivity index (χ2n) is 7.89. The maximum atomic E-state index is 13.7. The highest BCUT2D eigenvalue weighted by Gasteiger charge is 2.42. The quantitative estimate of drug-likeness (QED) is 0.634. The molecule has 1 aliphatic rings. The molecule has 1 aromatic heterocycles. The lowest BCUT2D eigenvalue weighted by molar-refractivity contribution is -0.138. The molecule has 2 heterocycles. The number of benzene rings is 2. The van der Waals surface area contributed by atoms with Gasteiger partial charge in [-0.15, -0.1) is 5.10 Å². The van der Waals surface area contributed by atoms with Crippen LogP contribution in [0.1, 0.15) is 30.5 Å². The highest BCUT2D eigenvalue weighted by Crippen LogP contribution is 2.48. The molecule has 0 unspecified atom stereocenters. The van der Waals surface area contributed by atoms with Gasteiger partial charge in [0.25, 0.3) is 5.91 Å². The molecular weight excluding hydrogens is 409 g/mol. The number of carbonyl (C=O) groups is 1. The third-order valence-electron chi connectivity index (χ3n) is 5.08. The topological polar surface area (TPSA) is 83.0 Å². The van der Waals surface area contributed by atoms with Crippen LogP contribution in [0, 0.1) is 0 Å². The molecule has 0 spiro atoms. The van der Waals surface area contributed by atoms with Gasteiger partial charge in [0, 0.05) is 22.7 Å². The summed E-state index contributed by atoms with van der Waals surface area (Å²) in [6, 6.07) is 11.3. The SMILES string of the molecule is CC1(C)COc2c(C(F)(F)F)cc(-c3ncn(C=C(C(N)=O)c4ccccc4)n3)cc21. The monoisotopic (exact) mass is 428 g/mol. The van der Waals surface area contributed by atoms with Gasteiger partial charge in [-0.3, -0.25) is 4.79 Å². The molecule has 2 aromatic carbocycles. The number of primary amides is 1. The van der Waals surface area contributed by atoms with E-state index in [0.29, 0.717) is 11.1 Å².